The Morgan fingerprint density at radius 2 is 1.43 bits per heavy atom. The molecule has 0 aliphatic rings. The van der Waals surface area contributed by atoms with E-state index in [-0.39, 0.29) is 12.1 Å². The molecule has 110 valence electrons. The summed E-state index contributed by atoms with van der Waals surface area (Å²) in [4.78, 5) is 0. The minimum atomic E-state index is -4.56. The second-order valence-corrected chi connectivity index (χ2v) is 4.75. The van der Waals surface area contributed by atoms with Crippen molar-refractivity contribution in [3.8, 4) is 0 Å². The van der Waals surface area contributed by atoms with Gasteiger partial charge in [0.2, 0.25) is 0 Å². The molecule has 1 nitrogen and oxygen atoms in total. The van der Waals surface area contributed by atoms with Crippen LogP contribution in [-0.2, 0) is 0 Å². The monoisotopic (exact) mass is 311 g/mol. The minimum Gasteiger partial charge on any atom is -0.381 e. The van der Waals surface area contributed by atoms with E-state index in [1.165, 1.54) is 0 Å². The van der Waals surface area contributed by atoms with Gasteiger partial charge in [0.25, 0.3) is 0 Å². The van der Waals surface area contributed by atoms with Crippen LogP contribution in [0.15, 0.2) is 65.7 Å². The molecule has 0 saturated heterocycles. The molecular formula is C16H13ClF3N. The predicted molar refractivity (Wildman–Crippen MR) is 80.2 cm³/mol. The second-order valence-electron chi connectivity index (χ2n) is 4.38. The molecule has 0 aromatic heterocycles. The summed E-state index contributed by atoms with van der Waals surface area (Å²) in [5, 5.41) is 1.85. The van der Waals surface area contributed by atoms with Gasteiger partial charge in [-0.05, 0) is 17.7 Å². The maximum Gasteiger partial charge on any atom is 0.427 e. The van der Waals surface area contributed by atoms with E-state index in [9.17, 15) is 13.2 Å². The Kier molecular flexibility index (Phi) is 4.91. The highest BCUT2D eigenvalue weighted by Gasteiger charge is 2.35. The molecule has 0 radical (unpaired) electrons. The normalized spacial score (nSPS) is 12.8. The highest BCUT2D eigenvalue weighted by Crippen LogP contribution is 2.35. The molecule has 0 unspecified atom stereocenters. The molecule has 21 heavy (non-hydrogen) atoms. The smallest absolute Gasteiger partial charge is 0.381 e. The van der Waals surface area contributed by atoms with E-state index in [1.807, 2.05) is 6.07 Å². The fraction of sp³-hybridized carbons (Fsp3) is 0.125. The Balaban J connectivity index is 2.30. The number of nitrogens with one attached hydrogen (secondary N) is 1. The third-order valence-electron chi connectivity index (χ3n) is 2.88. The molecule has 0 atom stereocenters. The van der Waals surface area contributed by atoms with Crippen LogP contribution in [0, 0.1) is 0 Å². The fourth-order valence-electron chi connectivity index (χ4n) is 1.86. The van der Waals surface area contributed by atoms with Crippen LogP contribution in [0.1, 0.15) is 5.56 Å². The fourth-order valence-corrected chi connectivity index (χ4v) is 2.04. The van der Waals surface area contributed by atoms with Gasteiger partial charge in [0.15, 0.2) is 0 Å². The van der Waals surface area contributed by atoms with Crippen molar-refractivity contribution >= 4 is 22.9 Å². The first-order chi connectivity index (χ1) is 9.98. The van der Waals surface area contributed by atoms with Gasteiger partial charge in [-0.25, -0.2) is 0 Å². The number of benzene rings is 2. The Labute approximate surface area is 126 Å². The molecule has 1 N–H and O–H groups in total. The van der Waals surface area contributed by atoms with Crippen molar-refractivity contribution in [2.45, 2.75) is 6.18 Å². The molecule has 0 aliphatic carbocycles. The standard InChI is InChI=1S/C16H13ClF3N/c17-15(16(18,19)20)14(12-7-3-1-4-8-12)11-21-13-9-5-2-6-10-13/h1-10,21H,11H2/b15-14-. The van der Waals surface area contributed by atoms with Gasteiger partial charge in [-0.3, -0.25) is 0 Å². The number of allylic oxidation sites excluding steroid dienone is 1. The maximum atomic E-state index is 12.9. The van der Waals surface area contributed by atoms with Crippen molar-refractivity contribution < 1.29 is 13.2 Å². The van der Waals surface area contributed by atoms with Crippen LogP contribution in [0.4, 0.5) is 18.9 Å². The molecule has 0 heterocycles. The van der Waals surface area contributed by atoms with Gasteiger partial charge in [0, 0.05) is 17.8 Å². The molecule has 2 aromatic carbocycles. The van der Waals surface area contributed by atoms with E-state index >= 15 is 0 Å². The van der Waals surface area contributed by atoms with Crippen molar-refractivity contribution in [3.63, 3.8) is 0 Å². The summed E-state index contributed by atoms with van der Waals surface area (Å²) in [6.45, 7) is -0.00757. The molecule has 5 heteroatoms. The van der Waals surface area contributed by atoms with Crippen molar-refractivity contribution in [2.24, 2.45) is 0 Å². The minimum absolute atomic E-state index is 0.00757. The van der Waals surface area contributed by atoms with Crippen molar-refractivity contribution in [2.75, 3.05) is 11.9 Å². The van der Waals surface area contributed by atoms with Gasteiger partial charge in [-0.2, -0.15) is 13.2 Å². The number of para-hydroxylation sites is 1. The van der Waals surface area contributed by atoms with Gasteiger partial charge >= 0.3 is 6.18 Å². The molecule has 0 fully saturated rings. The number of anilines is 1. The molecular weight excluding hydrogens is 299 g/mol. The number of alkyl halides is 3. The average molecular weight is 312 g/mol. The van der Waals surface area contributed by atoms with Gasteiger partial charge in [0.05, 0.1) is 0 Å². The van der Waals surface area contributed by atoms with E-state index in [2.05, 4.69) is 5.32 Å². The molecule has 0 aliphatic heterocycles. The maximum absolute atomic E-state index is 12.9. The number of halogens is 4. The zero-order chi connectivity index (χ0) is 15.3. The summed E-state index contributed by atoms with van der Waals surface area (Å²) in [6, 6.07) is 17.3. The zero-order valence-corrected chi connectivity index (χ0v) is 11.7. The Hall–Kier alpha value is -1.94. The summed E-state index contributed by atoms with van der Waals surface area (Å²) < 4.78 is 38.7. The Bertz CT molecular complexity index is 606. The lowest BCUT2D eigenvalue weighted by Gasteiger charge is -2.15. The summed E-state index contributed by atoms with van der Waals surface area (Å²) in [5.41, 5.74) is 1.20. The Morgan fingerprint density at radius 3 is 1.95 bits per heavy atom. The molecule has 0 amide bonds. The van der Waals surface area contributed by atoms with Gasteiger partial charge in [0.1, 0.15) is 5.03 Å². The zero-order valence-electron chi connectivity index (χ0n) is 11.0. The van der Waals surface area contributed by atoms with Crippen LogP contribution < -0.4 is 5.32 Å². The summed E-state index contributed by atoms with van der Waals surface area (Å²) in [6.07, 6.45) is -4.56. The quantitative estimate of drug-likeness (QED) is 0.806. The van der Waals surface area contributed by atoms with Crippen LogP contribution in [0.3, 0.4) is 0 Å². The number of rotatable bonds is 4. The molecule has 0 saturated carbocycles. The first-order valence-electron chi connectivity index (χ1n) is 6.28. The SMILES string of the molecule is FC(F)(F)/C(Cl)=C(\CNc1ccccc1)c1ccccc1. The van der Waals surface area contributed by atoms with Crippen molar-refractivity contribution in [3.05, 3.63) is 71.3 Å². The lowest BCUT2D eigenvalue weighted by Crippen LogP contribution is -2.14. The van der Waals surface area contributed by atoms with Crippen LogP contribution >= 0.6 is 11.6 Å². The average Bonchev–Trinajstić information content (AvgIpc) is 2.48. The Morgan fingerprint density at radius 1 is 0.905 bits per heavy atom. The van der Waals surface area contributed by atoms with E-state index < -0.39 is 11.2 Å². The van der Waals surface area contributed by atoms with Crippen LogP contribution in [0.5, 0.6) is 0 Å². The van der Waals surface area contributed by atoms with Crippen LogP contribution in [0.25, 0.3) is 5.57 Å². The molecule has 0 bridgehead atoms. The van der Waals surface area contributed by atoms with Crippen molar-refractivity contribution in [1.29, 1.82) is 0 Å². The van der Waals surface area contributed by atoms with Crippen LogP contribution in [-0.4, -0.2) is 12.7 Å². The van der Waals surface area contributed by atoms with E-state index in [0.29, 0.717) is 5.56 Å². The van der Waals surface area contributed by atoms with E-state index in [1.54, 1.807) is 54.6 Å². The first-order valence-corrected chi connectivity index (χ1v) is 6.66. The predicted octanol–water partition coefficient (Wildman–Crippen LogP) is 5.31. The second kappa shape index (κ2) is 6.68. The van der Waals surface area contributed by atoms with E-state index in [0.717, 1.165) is 5.69 Å². The topological polar surface area (TPSA) is 12.0 Å². The highest BCUT2D eigenvalue weighted by atomic mass is 35.5. The number of hydrogen-bond donors (Lipinski definition) is 1. The van der Waals surface area contributed by atoms with Crippen molar-refractivity contribution in [1.82, 2.24) is 0 Å². The first kappa shape index (κ1) is 15.4. The van der Waals surface area contributed by atoms with Crippen LogP contribution in [0.2, 0.25) is 0 Å². The summed E-state index contributed by atoms with van der Waals surface area (Å²) >= 11 is 5.54. The summed E-state index contributed by atoms with van der Waals surface area (Å²) in [7, 11) is 0. The molecule has 2 aromatic rings. The summed E-state index contributed by atoms with van der Waals surface area (Å²) in [5.74, 6) is 0. The lowest BCUT2D eigenvalue weighted by molar-refractivity contribution is -0.0840. The largest absolute Gasteiger partial charge is 0.427 e. The van der Waals surface area contributed by atoms with Gasteiger partial charge in [-0.1, -0.05) is 60.1 Å². The highest BCUT2D eigenvalue weighted by molar-refractivity contribution is 6.33. The number of hydrogen-bond acceptors (Lipinski definition) is 1. The van der Waals surface area contributed by atoms with Gasteiger partial charge in [-0.15, -0.1) is 0 Å². The third kappa shape index (κ3) is 4.26. The van der Waals surface area contributed by atoms with Gasteiger partial charge < -0.3 is 5.32 Å². The lowest BCUT2D eigenvalue weighted by atomic mass is 10.1. The molecule has 0 spiro atoms. The third-order valence-corrected chi connectivity index (χ3v) is 3.32. The van der Waals surface area contributed by atoms with E-state index in [4.69, 9.17) is 11.6 Å². The molecule has 2 rings (SSSR count).